The van der Waals surface area contributed by atoms with Gasteiger partial charge in [-0.2, -0.15) is 0 Å². The number of para-hydroxylation sites is 2. The molecule has 0 aliphatic carbocycles. The monoisotopic (exact) mass is 242 g/mol. The molecule has 0 saturated heterocycles. The second kappa shape index (κ2) is 5.49. The fourth-order valence-corrected chi connectivity index (χ4v) is 1.83. The number of anilines is 2. The van der Waals surface area contributed by atoms with Gasteiger partial charge in [-0.05, 0) is 19.1 Å². The third-order valence-corrected chi connectivity index (χ3v) is 2.78. The van der Waals surface area contributed by atoms with E-state index in [9.17, 15) is 0 Å². The lowest BCUT2D eigenvalue weighted by atomic mass is 10.2. The van der Waals surface area contributed by atoms with E-state index in [2.05, 4.69) is 39.2 Å². The van der Waals surface area contributed by atoms with Crippen LogP contribution in [0.4, 0.5) is 11.4 Å². The van der Waals surface area contributed by atoms with Gasteiger partial charge in [0.05, 0.1) is 29.3 Å². The first-order chi connectivity index (χ1) is 8.68. The summed E-state index contributed by atoms with van der Waals surface area (Å²) in [6.07, 6.45) is 5.19. The Kier molecular flexibility index (Phi) is 3.77. The fourth-order valence-electron chi connectivity index (χ4n) is 1.83. The molecule has 0 aliphatic rings. The van der Waals surface area contributed by atoms with Crippen molar-refractivity contribution in [2.45, 2.75) is 13.0 Å². The van der Waals surface area contributed by atoms with Gasteiger partial charge < -0.3 is 10.2 Å². The third-order valence-electron chi connectivity index (χ3n) is 2.78. The summed E-state index contributed by atoms with van der Waals surface area (Å²) >= 11 is 0. The minimum atomic E-state index is 0.125. The van der Waals surface area contributed by atoms with E-state index in [1.807, 2.05) is 26.2 Å². The van der Waals surface area contributed by atoms with Crippen LogP contribution in [-0.4, -0.2) is 24.1 Å². The Morgan fingerprint density at radius 2 is 1.94 bits per heavy atom. The highest BCUT2D eigenvalue weighted by molar-refractivity contribution is 5.69. The molecule has 0 bridgehead atoms. The van der Waals surface area contributed by atoms with Crippen molar-refractivity contribution in [2.24, 2.45) is 0 Å². The number of hydrogen-bond acceptors (Lipinski definition) is 4. The zero-order chi connectivity index (χ0) is 13.0. The summed E-state index contributed by atoms with van der Waals surface area (Å²) < 4.78 is 0. The minimum Gasteiger partial charge on any atom is -0.376 e. The Hall–Kier alpha value is -2.10. The van der Waals surface area contributed by atoms with Gasteiger partial charge in [0.25, 0.3) is 0 Å². The van der Waals surface area contributed by atoms with Crippen LogP contribution in [-0.2, 0) is 0 Å². The lowest BCUT2D eigenvalue weighted by Gasteiger charge is -2.21. The summed E-state index contributed by atoms with van der Waals surface area (Å²) in [6, 6.07) is 8.35. The Balaban J connectivity index is 2.19. The summed E-state index contributed by atoms with van der Waals surface area (Å²) in [5.41, 5.74) is 3.19. The Morgan fingerprint density at radius 1 is 1.17 bits per heavy atom. The number of aromatic nitrogens is 2. The number of nitrogens with one attached hydrogen (secondary N) is 1. The van der Waals surface area contributed by atoms with Crippen molar-refractivity contribution in [3.8, 4) is 0 Å². The molecule has 2 aromatic rings. The number of hydrogen-bond donors (Lipinski definition) is 1. The molecule has 1 aromatic carbocycles. The number of rotatable bonds is 4. The topological polar surface area (TPSA) is 41.0 Å². The Labute approximate surface area is 108 Å². The largest absolute Gasteiger partial charge is 0.376 e. The molecule has 1 heterocycles. The van der Waals surface area contributed by atoms with Crippen molar-refractivity contribution in [2.75, 3.05) is 24.3 Å². The van der Waals surface area contributed by atoms with Gasteiger partial charge in [-0.3, -0.25) is 9.97 Å². The summed E-state index contributed by atoms with van der Waals surface area (Å²) in [7, 11) is 4.07. The SMILES string of the molecule is CC(Nc1ccccc1N(C)C)c1cnccn1. The zero-order valence-electron chi connectivity index (χ0n) is 11.0. The molecule has 4 nitrogen and oxygen atoms in total. The van der Waals surface area contributed by atoms with Gasteiger partial charge in [0, 0.05) is 26.5 Å². The second-order valence-electron chi connectivity index (χ2n) is 4.41. The maximum atomic E-state index is 4.31. The van der Waals surface area contributed by atoms with E-state index < -0.39 is 0 Å². The van der Waals surface area contributed by atoms with Crippen molar-refractivity contribution in [1.82, 2.24) is 9.97 Å². The molecule has 0 amide bonds. The normalized spacial score (nSPS) is 11.9. The summed E-state index contributed by atoms with van der Waals surface area (Å²) in [5, 5.41) is 3.46. The highest BCUT2D eigenvalue weighted by Crippen LogP contribution is 2.26. The van der Waals surface area contributed by atoms with Crippen molar-refractivity contribution in [3.63, 3.8) is 0 Å². The van der Waals surface area contributed by atoms with Crippen LogP contribution in [0.15, 0.2) is 42.9 Å². The van der Waals surface area contributed by atoms with Crippen LogP contribution in [0.5, 0.6) is 0 Å². The maximum Gasteiger partial charge on any atom is 0.0806 e. The summed E-state index contributed by atoms with van der Waals surface area (Å²) in [4.78, 5) is 10.5. The average Bonchev–Trinajstić information content (AvgIpc) is 2.40. The highest BCUT2D eigenvalue weighted by atomic mass is 15.1. The molecule has 1 N–H and O–H groups in total. The highest BCUT2D eigenvalue weighted by Gasteiger charge is 2.09. The molecule has 18 heavy (non-hydrogen) atoms. The van der Waals surface area contributed by atoms with Crippen LogP contribution in [0.3, 0.4) is 0 Å². The van der Waals surface area contributed by atoms with Crippen LogP contribution in [0.2, 0.25) is 0 Å². The predicted molar refractivity (Wildman–Crippen MR) is 74.8 cm³/mol. The van der Waals surface area contributed by atoms with Crippen LogP contribution < -0.4 is 10.2 Å². The molecule has 0 spiro atoms. The smallest absolute Gasteiger partial charge is 0.0806 e. The Bertz CT molecular complexity index is 496. The molecule has 4 heteroatoms. The van der Waals surface area contributed by atoms with E-state index in [4.69, 9.17) is 0 Å². The van der Waals surface area contributed by atoms with Gasteiger partial charge in [0.2, 0.25) is 0 Å². The van der Waals surface area contributed by atoms with E-state index in [1.165, 1.54) is 0 Å². The lowest BCUT2D eigenvalue weighted by molar-refractivity contribution is 0.826. The average molecular weight is 242 g/mol. The quantitative estimate of drug-likeness (QED) is 0.895. The van der Waals surface area contributed by atoms with Gasteiger partial charge in [0.15, 0.2) is 0 Å². The van der Waals surface area contributed by atoms with Crippen LogP contribution in [0, 0.1) is 0 Å². The molecule has 0 aliphatic heterocycles. The van der Waals surface area contributed by atoms with Gasteiger partial charge in [-0.1, -0.05) is 12.1 Å². The lowest BCUT2D eigenvalue weighted by Crippen LogP contribution is -2.14. The molecular weight excluding hydrogens is 224 g/mol. The van der Waals surface area contributed by atoms with Gasteiger partial charge >= 0.3 is 0 Å². The van der Waals surface area contributed by atoms with Gasteiger partial charge in [0.1, 0.15) is 0 Å². The third kappa shape index (κ3) is 2.77. The van der Waals surface area contributed by atoms with E-state index in [1.54, 1.807) is 18.6 Å². The first kappa shape index (κ1) is 12.4. The second-order valence-corrected chi connectivity index (χ2v) is 4.41. The van der Waals surface area contributed by atoms with Gasteiger partial charge in [-0.15, -0.1) is 0 Å². The van der Waals surface area contributed by atoms with Crippen molar-refractivity contribution >= 4 is 11.4 Å². The van der Waals surface area contributed by atoms with Crippen molar-refractivity contribution < 1.29 is 0 Å². The molecule has 2 rings (SSSR count). The summed E-state index contributed by atoms with van der Waals surface area (Å²) in [6.45, 7) is 2.08. The number of benzene rings is 1. The molecule has 1 unspecified atom stereocenters. The zero-order valence-corrected chi connectivity index (χ0v) is 11.0. The molecule has 0 radical (unpaired) electrons. The molecule has 1 aromatic heterocycles. The van der Waals surface area contributed by atoms with Crippen molar-refractivity contribution in [3.05, 3.63) is 48.5 Å². The molecular formula is C14H18N4. The van der Waals surface area contributed by atoms with E-state index in [0.29, 0.717) is 0 Å². The van der Waals surface area contributed by atoms with Gasteiger partial charge in [-0.25, -0.2) is 0 Å². The Morgan fingerprint density at radius 3 is 2.61 bits per heavy atom. The molecule has 1 atom stereocenters. The van der Waals surface area contributed by atoms with Crippen LogP contribution >= 0.6 is 0 Å². The summed E-state index contributed by atoms with van der Waals surface area (Å²) in [5.74, 6) is 0. The van der Waals surface area contributed by atoms with Crippen LogP contribution in [0.1, 0.15) is 18.7 Å². The van der Waals surface area contributed by atoms with E-state index in [-0.39, 0.29) is 6.04 Å². The fraction of sp³-hybridized carbons (Fsp3) is 0.286. The first-order valence-corrected chi connectivity index (χ1v) is 5.97. The van der Waals surface area contributed by atoms with Crippen molar-refractivity contribution in [1.29, 1.82) is 0 Å². The molecule has 94 valence electrons. The number of nitrogens with zero attached hydrogens (tertiary/aromatic N) is 3. The van der Waals surface area contributed by atoms with E-state index >= 15 is 0 Å². The minimum absolute atomic E-state index is 0.125. The maximum absolute atomic E-state index is 4.31. The van der Waals surface area contributed by atoms with E-state index in [0.717, 1.165) is 17.1 Å². The molecule has 0 fully saturated rings. The first-order valence-electron chi connectivity index (χ1n) is 5.97. The molecule has 0 saturated carbocycles. The standard InChI is InChI=1S/C14H18N4/c1-11(13-10-15-8-9-16-13)17-12-6-4-5-7-14(12)18(2)3/h4-11,17H,1-3H3. The van der Waals surface area contributed by atoms with Crippen LogP contribution in [0.25, 0.3) is 0 Å². The predicted octanol–water partition coefficient (Wildman–Crippen LogP) is 2.72.